The van der Waals surface area contributed by atoms with Gasteiger partial charge < -0.3 is 19.7 Å². The van der Waals surface area contributed by atoms with Crippen LogP contribution in [0.1, 0.15) is 41.6 Å². The average molecular weight is 409 g/mol. The van der Waals surface area contributed by atoms with Crippen molar-refractivity contribution in [3.05, 3.63) is 65.7 Å². The van der Waals surface area contributed by atoms with Gasteiger partial charge in [-0.1, -0.05) is 30.3 Å². The maximum Gasteiger partial charge on any atom is 0.251 e. The second kappa shape index (κ2) is 8.40. The number of methoxy groups -OCH3 is 2. The summed E-state index contributed by atoms with van der Waals surface area (Å²) in [6.07, 6.45) is 3.67. The van der Waals surface area contributed by atoms with Crippen LogP contribution in [-0.4, -0.2) is 56.8 Å². The highest BCUT2D eigenvalue weighted by molar-refractivity contribution is 5.94. The van der Waals surface area contributed by atoms with E-state index >= 15 is 0 Å². The molecule has 2 aliphatic rings. The normalized spacial score (nSPS) is 29.1. The molecule has 0 spiro atoms. The third-order valence-corrected chi connectivity index (χ3v) is 7.19. The van der Waals surface area contributed by atoms with Gasteiger partial charge in [0.05, 0.1) is 12.7 Å². The van der Waals surface area contributed by atoms with Crippen LogP contribution in [0.3, 0.4) is 0 Å². The number of hydrogen-bond donors (Lipinski definition) is 1. The van der Waals surface area contributed by atoms with Crippen molar-refractivity contribution in [3.63, 3.8) is 0 Å². The quantitative estimate of drug-likeness (QED) is 0.821. The Bertz CT molecular complexity index is 887. The Labute approximate surface area is 179 Å². The minimum atomic E-state index is -0.277. The fraction of sp³-hybridized carbons (Fsp3) is 0.480. The molecule has 5 nitrogen and oxygen atoms in total. The molecule has 1 N–H and O–H groups in total. The molecule has 0 bridgehead atoms. The maximum absolute atomic E-state index is 12.8. The number of likely N-dealkylation sites (tertiary alicyclic amines) is 1. The molecule has 4 rings (SSSR count). The van der Waals surface area contributed by atoms with Crippen molar-refractivity contribution in [1.29, 1.82) is 0 Å². The van der Waals surface area contributed by atoms with Crippen LogP contribution >= 0.6 is 0 Å². The van der Waals surface area contributed by atoms with Crippen molar-refractivity contribution in [3.8, 4) is 5.75 Å². The zero-order valence-corrected chi connectivity index (χ0v) is 18.2. The first-order valence-electron chi connectivity index (χ1n) is 10.8. The lowest BCUT2D eigenvalue weighted by molar-refractivity contribution is -0.144. The number of benzene rings is 2. The number of fused-ring (bicyclic) bond motifs is 1. The molecular formula is C25H32N2O3. The summed E-state index contributed by atoms with van der Waals surface area (Å²) in [6.45, 7) is 1.89. The number of likely N-dealkylation sites (N-methyl/N-ethyl adjacent to an activating group) is 1. The summed E-state index contributed by atoms with van der Waals surface area (Å²) in [6, 6.07) is 18.0. The van der Waals surface area contributed by atoms with Crippen molar-refractivity contribution in [2.75, 3.05) is 34.4 Å². The van der Waals surface area contributed by atoms with Crippen molar-refractivity contribution < 1.29 is 14.3 Å². The molecular weight excluding hydrogens is 376 g/mol. The maximum atomic E-state index is 12.8. The summed E-state index contributed by atoms with van der Waals surface area (Å²) in [5.41, 5.74) is 1.51. The topological polar surface area (TPSA) is 50.8 Å². The van der Waals surface area contributed by atoms with E-state index in [4.69, 9.17) is 9.47 Å². The van der Waals surface area contributed by atoms with Crippen LogP contribution in [0, 0.1) is 0 Å². The van der Waals surface area contributed by atoms with Gasteiger partial charge in [-0.05, 0) is 69.1 Å². The van der Waals surface area contributed by atoms with Crippen LogP contribution < -0.4 is 10.1 Å². The Hall–Kier alpha value is -2.37. The standard InChI is InChI=1S/C25H32N2O3/c1-27-15-14-24(20-10-7-11-22(16-20)29-2)17-21(12-13-25(24,18-27)30-3)26-23(28)19-8-5-4-6-9-19/h4-11,16,21H,12-15,17-18H2,1-3H3,(H,26,28)/t21-,24+,25+/m1/s1. The molecule has 3 atom stereocenters. The lowest BCUT2D eigenvalue weighted by Gasteiger charge is -2.59. The second-order valence-corrected chi connectivity index (χ2v) is 8.78. The van der Waals surface area contributed by atoms with Crippen molar-refractivity contribution in [1.82, 2.24) is 10.2 Å². The third-order valence-electron chi connectivity index (χ3n) is 7.19. The first kappa shape index (κ1) is 20.9. The molecule has 1 saturated heterocycles. The number of ether oxygens (including phenoxy) is 2. The molecule has 2 aromatic rings. The highest BCUT2D eigenvalue weighted by atomic mass is 16.5. The van der Waals surface area contributed by atoms with Crippen molar-refractivity contribution in [2.45, 2.75) is 42.7 Å². The van der Waals surface area contributed by atoms with E-state index in [1.54, 1.807) is 7.11 Å². The van der Waals surface area contributed by atoms with E-state index in [0.29, 0.717) is 5.56 Å². The Morgan fingerprint density at radius 1 is 1.10 bits per heavy atom. The van der Waals surface area contributed by atoms with Gasteiger partial charge in [-0.25, -0.2) is 0 Å². The summed E-state index contributed by atoms with van der Waals surface area (Å²) in [4.78, 5) is 15.2. The van der Waals surface area contributed by atoms with Crippen molar-refractivity contribution in [2.24, 2.45) is 0 Å². The molecule has 1 amide bonds. The number of carbonyl (C=O) groups is 1. The summed E-state index contributed by atoms with van der Waals surface area (Å²) in [7, 11) is 5.72. The fourth-order valence-electron chi connectivity index (χ4n) is 5.60. The van der Waals surface area contributed by atoms with Gasteiger partial charge in [0.25, 0.3) is 5.91 Å². The van der Waals surface area contributed by atoms with Crippen LogP contribution in [0.15, 0.2) is 54.6 Å². The molecule has 0 unspecified atom stereocenters. The van der Waals surface area contributed by atoms with Gasteiger partial charge in [0.1, 0.15) is 5.75 Å². The zero-order valence-electron chi connectivity index (χ0n) is 18.2. The van der Waals surface area contributed by atoms with Crippen molar-refractivity contribution >= 4 is 5.91 Å². The number of nitrogens with zero attached hydrogens (tertiary/aromatic N) is 1. The monoisotopic (exact) mass is 408 g/mol. The fourth-order valence-corrected chi connectivity index (χ4v) is 5.60. The molecule has 2 aromatic carbocycles. The number of piperidine rings is 1. The molecule has 1 saturated carbocycles. The molecule has 160 valence electrons. The van der Waals surface area contributed by atoms with E-state index in [1.807, 2.05) is 43.5 Å². The summed E-state index contributed by atoms with van der Waals surface area (Å²) < 4.78 is 11.9. The Morgan fingerprint density at radius 2 is 1.90 bits per heavy atom. The smallest absolute Gasteiger partial charge is 0.251 e. The molecule has 30 heavy (non-hydrogen) atoms. The minimum absolute atomic E-state index is 0.000707. The van der Waals surface area contributed by atoms with Gasteiger partial charge in [-0.15, -0.1) is 0 Å². The lowest BCUT2D eigenvalue weighted by atomic mass is 9.55. The van der Waals surface area contributed by atoms with E-state index in [0.717, 1.165) is 44.5 Å². The van der Waals surface area contributed by atoms with E-state index in [2.05, 4.69) is 35.5 Å². The van der Waals surface area contributed by atoms with Gasteiger partial charge in [-0.3, -0.25) is 4.79 Å². The van der Waals surface area contributed by atoms with Crippen LogP contribution in [0.4, 0.5) is 0 Å². The second-order valence-electron chi connectivity index (χ2n) is 8.78. The molecule has 0 aromatic heterocycles. The van der Waals surface area contributed by atoms with Crippen LogP contribution in [0.2, 0.25) is 0 Å². The van der Waals surface area contributed by atoms with E-state index in [9.17, 15) is 4.79 Å². The predicted octanol–water partition coefficient (Wildman–Crippen LogP) is 3.64. The van der Waals surface area contributed by atoms with E-state index in [1.165, 1.54) is 5.56 Å². The Morgan fingerprint density at radius 3 is 2.63 bits per heavy atom. The van der Waals surface area contributed by atoms with Gasteiger partial charge >= 0.3 is 0 Å². The molecule has 2 fully saturated rings. The average Bonchev–Trinajstić information content (AvgIpc) is 2.79. The van der Waals surface area contributed by atoms with Crippen LogP contribution in [0.5, 0.6) is 5.75 Å². The van der Waals surface area contributed by atoms with Gasteiger partial charge in [0, 0.05) is 30.7 Å². The minimum Gasteiger partial charge on any atom is -0.497 e. The van der Waals surface area contributed by atoms with Gasteiger partial charge in [-0.2, -0.15) is 0 Å². The highest BCUT2D eigenvalue weighted by Crippen LogP contribution is 2.53. The largest absolute Gasteiger partial charge is 0.497 e. The zero-order chi connectivity index (χ0) is 21.2. The number of rotatable bonds is 5. The Kier molecular flexibility index (Phi) is 5.85. The number of nitrogens with one attached hydrogen (secondary N) is 1. The van der Waals surface area contributed by atoms with Gasteiger partial charge in [0.2, 0.25) is 0 Å². The summed E-state index contributed by atoms with van der Waals surface area (Å²) in [5, 5.41) is 3.30. The van der Waals surface area contributed by atoms with Crippen LogP contribution in [0.25, 0.3) is 0 Å². The third kappa shape index (κ3) is 3.61. The highest BCUT2D eigenvalue weighted by Gasteiger charge is 2.58. The number of hydrogen-bond acceptors (Lipinski definition) is 4. The molecule has 1 aliphatic heterocycles. The molecule has 1 aliphatic carbocycles. The summed E-state index contributed by atoms with van der Waals surface area (Å²) in [5.74, 6) is 0.862. The Balaban J connectivity index is 1.68. The van der Waals surface area contributed by atoms with E-state index in [-0.39, 0.29) is 23.0 Å². The molecule has 5 heteroatoms. The first-order chi connectivity index (χ1) is 14.5. The van der Waals surface area contributed by atoms with E-state index < -0.39 is 0 Å². The van der Waals surface area contributed by atoms with Gasteiger partial charge in [0.15, 0.2) is 0 Å². The predicted molar refractivity (Wildman–Crippen MR) is 118 cm³/mol. The molecule has 1 heterocycles. The number of carbonyl (C=O) groups excluding carboxylic acids is 1. The number of amides is 1. The lowest BCUT2D eigenvalue weighted by Crippen LogP contribution is -2.67. The molecule has 0 radical (unpaired) electrons. The summed E-state index contributed by atoms with van der Waals surface area (Å²) >= 11 is 0. The first-order valence-corrected chi connectivity index (χ1v) is 10.8. The van der Waals surface area contributed by atoms with Crippen LogP contribution in [-0.2, 0) is 10.2 Å². The SMILES string of the molecule is COc1cccc([C@@]23CCN(C)C[C@@]2(OC)CC[C@@H](NC(=O)c2ccccc2)C3)c1.